The summed E-state index contributed by atoms with van der Waals surface area (Å²) in [6, 6.07) is 32.6. The van der Waals surface area contributed by atoms with Gasteiger partial charge in [-0.05, 0) is 50.1 Å². The minimum Gasteiger partial charge on any atom is -0.454 e. The highest BCUT2D eigenvalue weighted by Crippen LogP contribution is 2.52. The van der Waals surface area contributed by atoms with Crippen molar-refractivity contribution in [3.05, 3.63) is 113 Å². The molecule has 0 radical (unpaired) electrons. The Morgan fingerprint density at radius 1 is 0.645 bits per heavy atom. The third kappa shape index (κ3) is 3.06. The number of hydrogen-bond donors (Lipinski definition) is 0. The number of ether oxygens (including phenoxy) is 2. The summed E-state index contributed by atoms with van der Waals surface area (Å²) >= 11 is 0. The number of rotatable bonds is 3. The van der Waals surface area contributed by atoms with Crippen molar-refractivity contribution in [2.24, 2.45) is 0 Å². The normalized spacial score (nSPS) is 18.2. The van der Waals surface area contributed by atoms with Crippen molar-refractivity contribution in [1.29, 1.82) is 0 Å². The summed E-state index contributed by atoms with van der Waals surface area (Å²) in [4.78, 5) is 0. The standard InChI is InChI=1S/C28H23O2P/c1-18-13-14-24-22(15-18)26-23-16-19(2)17-25(27(23)30-28(26)29-24)31(20-9-5-3-6-10-20)21-11-7-4-8-12-21/h3-17,26,28H,1-2H3/t26-,28-/m0/s1. The summed E-state index contributed by atoms with van der Waals surface area (Å²) in [7, 11) is -0.738. The average Bonchev–Trinajstić information content (AvgIpc) is 3.32. The third-order valence-corrected chi connectivity index (χ3v) is 8.54. The van der Waals surface area contributed by atoms with E-state index in [9.17, 15) is 0 Å². The van der Waals surface area contributed by atoms with Crippen LogP contribution in [0.1, 0.15) is 28.2 Å². The fraction of sp³-hybridized carbons (Fsp3) is 0.143. The van der Waals surface area contributed by atoms with Gasteiger partial charge in [0, 0.05) is 16.4 Å². The smallest absolute Gasteiger partial charge is 0.252 e. The summed E-state index contributed by atoms with van der Waals surface area (Å²) in [5, 5.41) is 3.93. The van der Waals surface area contributed by atoms with Crippen LogP contribution in [0.5, 0.6) is 11.5 Å². The van der Waals surface area contributed by atoms with Gasteiger partial charge < -0.3 is 9.47 Å². The van der Waals surface area contributed by atoms with E-state index < -0.39 is 7.92 Å². The lowest BCUT2D eigenvalue weighted by Gasteiger charge is -2.22. The molecule has 0 amide bonds. The molecule has 2 atom stereocenters. The van der Waals surface area contributed by atoms with Crippen molar-refractivity contribution >= 4 is 23.8 Å². The van der Waals surface area contributed by atoms with E-state index in [1.165, 1.54) is 38.2 Å². The van der Waals surface area contributed by atoms with E-state index in [4.69, 9.17) is 9.47 Å². The van der Waals surface area contributed by atoms with Gasteiger partial charge >= 0.3 is 0 Å². The summed E-state index contributed by atoms with van der Waals surface area (Å²) in [6.45, 7) is 4.32. The first-order valence-corrected chi connectivity index (χ1v) is 12.0. The lowest BCUT2D eigenvalue weighted by molar-refractivity contribution is 0.0337. The molecule has 4 aromatic rings. The van der Waals surface area contributed by atoms with Crippen molar-refractivity contribution in [2.45, 2.75) is 26.1 Å². The van der Waals surface area contributed by atoms with Crippen LogP contribution in [-0.2, 0) is 0 Å². The summed E-state index contributed by atoms with van der Waals surface area (Å²) in [6.07, 6.45) is -0.282. The van der Waals surface area contributed by atoms with Crippen LogP contribution < -0.4 is 25.4 Å². The van der Waals surface area contributed by atoms with E-state index in [1.54, 1.807) is 0 Å². The Morgan fingerprint density at radius 2 is 1.29 bits per heavy atom. The Labute approximate surface area is 184 Å². The molecule has 0 fully saturated rings. The van der Waals surface area contributed by atoms with Gasteiger partial charge in [0.05, 0.1) is 5.92 Å². The zero-order valence-corrected chi connectivity index (χ0v) is 18.5. The molecule has 0 N–H and O–H groups in total. The molecule has 152 valence electrons. The maximum atomic E-state index is 6.56. The highest BCUT2D eigenvalue weighted by molar-refractivity contribution is 7.80. The van der Waals surface area contributed by atoms with Crippen LogP contribution in [0.2, 0.25) is 0 Å². The number of benzene rings is 4. The number of hydrogen-bond acceptors (Lipinski definition) is 2. The van der Waals surface area contributed by atoms with Crippen LogP contribution in [0, 0.1) is 13.8 Å². The van der Waals surface area contributed by atoms with Crippen molar-refractivity contribution in [3.8, 4) is 11.5 Å². The molecule has 2 heterocycles. The molecule has 0 bridgehead atoms. The van der Waals surface area contributed by atoms with Gasteiger partial charge in [-0.15, -0.1) is 0 Å². The molecule has 6 rings (SSSR count). The highest BCUT2D eigenvalue weighted by atomic mass is 31.1. The molecule has 0 spiro atoms. The molecule has 0 saturated carbocycles. The second-order valence-electron chi connectivity index (χ2n) is 8.33. The van der Waals surface area contributed by atoms with Gasteiger partial charge in [-0.2, -0.15) is 0 Å². The predicted octanol–water partition coefficient (Wildman–Crippen LogP) is 5.30. The van der Waals surface area contributed by atoms with Crippen molar-refractivity contribution in [3.63, 3.8) is 0 Å². The fourth-order valence-corrected chi connectivity index (χ4v) is 7.28. The van der Waals surface area contributed by atoms with Gasteiger partial charge in [-0.1, -0.05) is 84.4 Å². The molecule has 31 heavy (non-hydrogen) atoms. The van der Waals surface area contributed by atoms with E-state index in [1.807, 2.05) is 0 Å². The van der Waals surface area contributed by atoms with Crippen LogP contribution in [0.25, 0.3) is 0 Å². The zero-order valence-electron chi connectivity index (χ0n) is 17.6. The molecule has 0 saturated heterocycles. The maximum absolute atomic E-state index is 6.56. The van der Waals surface area contributed by atoms with Crippen molar-refractivity contribution in [2.75, 3.05) is 0 Å². The third-order valence-electron chi connectivity index (χ3n) is 6.10. The molecule has 4 aromatic carbocycles. The minimum absolute atomic E-state index is 0.131. The minimum atomic E-state index is -0.738. The molecule has 0 unspecified atom stereocenters. The lowest BCUT2D eigenvalue weighted by Crippen LogP contribution is -2.24. The largest absolute Gasteiger partial charge is 0.454 e. The molecule has 2 nitrogen and oxygen atoms in total. The molecule has 2 aliphatic heterocycles. The van der Waals surface area contributed by atoms with Crippen LogP contribution in [0.15, 0.2) is 91.0 Å². The van der Waals surface area contributed by atoms with Crippen LogP contribution >= 0.6 is 7.92 Å². The average molecular weight is 422 g/mol. The molecular formula is C28H23O2P. The van der Waals surface area contributed by atoms with E-state index in [0.717, 1.165) is 11.5 Å². The number of fused-ring (bicyclic) bond motifs is 5. The first kappa shape index (κ1) is 18.7. The lowest BCUT2D eigenvalue weighted by atomic mass is 9.91. The SMILES string of the molecule is Cc1ccc2c(c1)[C@H]1c3cc(C)cc(P(c4ccccc4)c4ccccc4)c3O[C@@H]1O2. The molecular weight excluding hydrogens is 399 g/mol. The maximum Gasteiger partial charge on any atom is 0.252 e. The van der Waals surface area contributed by atoms with Crippen molar-refractivity contribution < 1.29 is 9.47 Å². The molecule has 3 heteroatoms. The second kappa shape index (κ2) is 7.25. The van der Waals surface area contributed by atoms with Crippen molar-refractivity contribution in [1.82, 2.24) is 0 Å². The van der Waals surface area contributed by atoms with Gasteiger partial charge in [-0.3, -0.25) is 0 Å². The monoisotopic (exact) mass is 422 g/mol. The van der Waals surface area contributed by atoms with Crippen LogP contribution in [-0.4, -0.2) is 6.29 Å². The summed E-state index contributed by atoms with van der Waals surface area (Å²) in [5.74, 6) is 2.08. The Morgan fingerprint density at radius 3 is 1.97 bits per heavy atom. The van der Waals surface area contributed by atoms with Crippen LogP contribution in [0.4, 0.5) is 0 Å². The first-order chi connectivity index (χ1) is 15.2. The highest BCUT2D eigenvalue weighted by Gasteiger charge is 2.45. The van der Waals surface area contributed by atoms with E-state index in [0.29, 0.717) is 0 Å². The molecule has 0 aliphatic carbocycles. The van der Waals surface area contributed by atoms with Gasteiger partial charge in [0.1, 0.15) is 11.5 Å². The second-order valence-corrected chi connectivity index (χ2v) is 10.5. The Balaban J connectivity index is 1.56. The van der Waals surface area contributed by atoms with E-state index in [2.05, 4.69) is 105 Å². The summed E-state index contributed by atoms with van der Waals surface area (Å²) in [5.41, 5.74) is 5.01. The summed E-state index contributed by atoms with van der Waals surface area (Å²) < 4.78 is 12.8. The predicted molar refractivity (Wildman–Crippen MR) is 128 cm³/mol. The Hall–Kier alpha value is -3.09. The molecule has 0 aromatic heterocycles. The van der Waals surface area contributed by atoms with Crippen LogP contribution in [0.3, 0.4) is 0 Å². The Bertz CT molecular complexity index is 1230. The first-order valence-electron chi connectivity index (χ1n) is 10.7. The van der Waals surface area contributed by atoms with E-state index >= 15 is 0 Å². The zero-order chi connectivity index (χ0) is 20.9. The Kier molecular flexibility index (Phi) is 4.37. The van der Waals surface area contributed by atoms with Gasteiger partial charge in [-0.25, -0.2) is 0 Å². The quantitative estimate of drug-likeness (QED) is 0.417. The van der Waals surface area contributed by atoms with Gasteiger partial charge in [0.25, 0.3) is 6.29 Å². The fourth-order valence-electron chi connectivity index (χ4n) is 4.77. The van der Waals surface area contributed by atoms with E-state index in [-0.39, 0.29) is 12.2 Å². The number of aryl methyl sites for hydroxylation is 2. The van der Waals surface area contributed by atoms with Gasteiger partial charge in [0.15, 0.2) is 0 Å². The topological polar surface area (TPSA) is 18.5 Å². The molecule has 2 aliphatic rings. The van der Waals surface area contributed by atoms with Gasteiger partial charge in [0.2, 0.25) is 0 Å².